The summed E-state index contributed by atoms with van der Waals surface area (Å²) in [5.41, 5.74) is 1.03. The van der Waals surface area contributed by atoms with E-state index in [-0.39, 0.29) is 0 Å². The average Bonchev–Trinajstić information content (AvgIpc) is 2.32. The normalized spacial score (nSPS) is 11.2. The molecular weight excluding hydrogens is 224 g/mol. The van der Waals surface area contributed by atoms with Crippen LogP contribution < -0.4 is 10.1 Å². The van der Waals surface area contributed by atoms with Gasteiger partial charge in [-0.15, -0.1) is 0 Å². The molecule has 1 rings (SSSR count). The van der Waals surface area contributed by atoms with Gasteiger partial charge in [0.2, 0.25) is 5.88 Å². The van der Waals surface area contributed by atoms with E-state index in [2.05, 4.69) is 38.0 Å². The summed E-state index contributed by atoms with van der Waals surface area (Å²) in [5, 5.41) is 3.35. The fourth-order valence-electron chi connectivity index (χ4n) is 1.61. The van der Waals surface area contributed by atoms with Crippen LogP contribution in [0.5, 0.6) is 5.88 Å². The third-order valence-corrected chi connectivity index (χ3v) is 2.65. The van der Waals surface area contributed by atoms with E-state index in [1.807, 2.05) is 18.2 Å². The van der Waals surface area contributed by atoms with E-state index in [4.69, 9.17) is 4.74 Å². The second kappa shape index (κ2) is 8.09. The SMILES string of the molecule is CC(C)CCCOc1cccc(CNC(C)C)n1. The van der Waals surface area contributed by atoms with Crippen molar-refractivity contribution < 1.29 is 4.74 Å². The van der Waals surface area contributed by atoms with Crippen LogP contribution in [0.1, 0.15) is 46.2 Å². The fraction of sp³-hybridized carbons (Fsp3) is 0.667. The van der Waals surface area contributed by atoms with Gasteiger partial charge in [-0.25, -0.2) is 4.98 Å². The maximum Gasteiger partial charge on any atom is 0.213 e. The third-order valence-electron chi connectivity index (χ3n) is 2.65. The Morgan fingerprint density at radius 1 is 1.22 bits per heavy atom. The summed E-state index contributed by atoms with van der Waals surface area (Å²) < 4.78 is 5.66. The Morgan fingerprint density at radius 3 is 2.67 bits per heavy atom. The molecule has 0 unspecified atom stereocenters. The molecule has 0 aliphatic rings. The molecular formula is C15H26N2O. The molecule has 3 nitrogen and oxygen atoms in total. The zero-order chi connectivity index (χ0) is 13.4. The highest BCUT2D eigenvalue weighted by Gasteiger charge is 2.00. The monoisotopic (exact) mass is 250 g/mol. The molecule has 0 saturated heterocycles. The highest BCUT2D eigenvalue weighted by atomic mass is 16.5. The molecule has 1 heterocycles. The predicted molar refractivity (Wildman–Crippen MR) is 75.8 cm³/mol. The van der Waals surface area contributed by atoms with E-state index in [0.717, 1.165) is 37.1 Å². The molecule has 1 N–H and O–H groups in total. The van der Waals surface area contributed by atoms with Crippen molar-refractivity contribution in [1.82, 2.24) is 10.3 Å². The van der Waals surface area contributed by atoms with Gasteiger partial charge in [0.05, 0.1) is 12.3 Å². The molecule has 0 aliphatic carbocycles. The first kappa shape index (κ1) is 15.0. The van der Waals surface area contributed by atoms with E-state index in [0.29, 0.717) is 6.04 Å². The van der Waals surface area contributed by atoms with Crippen LogP contribution in [0.25, 0.3) is 0 Å². The molecule has 3 heteroatoms. The van der Waals surface area contributed by atoms with E-state index in [1.54, 1.807) is 0 Å². The fourth-order valence-corrected chi connectivity index (χ4v) is 1.61. The minimum absolute atomic E-state index is 0.474. The van der Waals surface area contributed by atoms with Crippen LogP contribution in [0.15, 0.2) is 18.2 Å². The lowest BCUT2D eigenvalue weighted by atomic mass is 10.1. The summed E-state index contributed by atoms with van der Waals surface area (Å²) in [6.45, 7) is 10.3. The minimum atomic E-state index is 0.474. The Hall–Kier alpha value is -1.09. The van der Waals surface area contributed by atoms with Gasteiger partial charge < -0.3 is 10.1 Å². The van der Waals surface area contributed by atoms with Crippen LogP contribution in [-0.4, -0.2) is 17.6 Å². The quantitative estimate of drug-likeness (QED) is 0.718. The minimum Gasteiger partial charge on any atom is -0.478 e. The summed E-state index contributed by atoms with van der Waals surface area (Å²) in [5.74, 6) is 1.48. The summed E-state index contributed by atoms with van der Waals surface area (Å²) >= 11 is 0. The molecule has 18 heavy (non-hydrogen) atoms. The molecule has 0 fully saturated rings. The number of hydrogen-bond donors (Lipinski definition) is 1. The van der Waals surface area contributed by atoms with Crippen molar-refractivity contribution in [2.24, 2.45) is 5.92 Å². The number of hydrogen-bond acceptors (Lipinski definition) is 3. The molecule has 1 aromatic heterocycles. The standard InChI is InChI=1S/C15H26N2O/c1-12(2)7-6-10-18-15-9-5-8-14(17-15)11-16-13(3)4/h5,8-9,12-13,16H,6-7,10-11H2,1-4H3. The lowest BCUT2D eigenvalue weighted by Gasteiger charge is -2.10. The van der Waals surface area contributed by atoms with Gasteiger partial charge in [-0.3, -0.25) is 0 Å². The van der Waals surface area contributed by atoms with E-state index in [9.17, 15) is 0 Å². The highest BCUT2D eigenvalue weighted by Crippen LogP contribution is 2.10. The van der Waals surface area contributed by atoms with Crippen LogP contribution in [0.4, 0.5) is 0 Å². The first-order chi connectivity index (χ1) is 8.58. The summed E-state index contributed by atoms with van der Waals surface area (Å²) in [7, 11) is 0. The lowest BCUT2D eigenvalue weighted by molar-refractivity contribution is 0.286. The van der Waals surface area contributed by atoms with Gasteiger partial charge in [0, 0.05) is 18.7 Å². The maximum absolute atomic E-state index is 5.66. The van der Waals surface area contributed by atoms with Crippen LogP contribution in [0, 0.1) is 5.92 Å². The Balaban J connectivity index is 2.34. The van der Waals surface area contributed by atoms with Crippen molar-refractivity contribution >= 4 is 0 Å². The average molecular weight is 250 g/mol. The van der Waals surface area contributed by atoms with Gasteiger partial charge in [-0.1, -0.05) is 33.8 Å². The van der Waals surface area contributed by atoms with Gasteiger partial charge in [-0.05, 0) is 24.8 Å². The number of pyridine rings is 1. The molecule has 0 radical (unpaired) electrons. The molecule has 102 valence electrons. The second-order valence-electron chi connectivity index (χ2n) is 5.39. The zero-order valence-electron chi connectivity index (χ0n) is 12.1. The molecule has 0 spiro atoms. The predicted octanol–water partition coefficient (Wildman–Crippen LogP) is 3.39. The lowest BCUT2D eigenvalue weighted by Crippen LogP contribution is -2.22. The van der Waals surface area contributed by atoms with Gasteiger partial charge >= 0.3 is 0 Å². The Kier molecular flexibility index (Phi) is 6.73. The molecule has 1 aromatic rings. The van der Waals surface area contributed by atoms with Crippen LogP contribution in [0.2, 0.25) is 0 Å². The highest BCUT2D eigenvalue weighted by molar-refractivity contribution is 5.15. The van der Waals surface area contributed by atoms with Crippen molar-refractivity contribution in [1.29, 1.82) is 0 Å². The Morgan fingerprint density at radius 2 is 2.00 bits per heavy atom. The third kappa shape index (κ3) is 6.60. The largest absolute Gasteiger partial charge is 0.478 e. The first-order valence-corrected chi connectivity index (χ1v) is 6.90. The second-order valence-corrected chi connectivity index (χ2v) is 5.39. The topological polar surface area (TPSA) is 34.1 Å². The number of nitrogens with zero attached hydrogens (tertiary/aromatic N) is 1. The molecule has 0 aromatic carbocycles. The Bertz CT molecular complexity index is 337. The molecule has 0 aliphatic heterocycles. The van der Waals surface area contributed by atoms with Crippen LogP contribution >= 0.6 is 0 Å². The van der Waals surface area contributed by atoms with Gasteiger partial charge in [0.25, 0.3) is 0 Å². The molecule has 0 bridgehead atoms. The van der Waals surface area contributed by atoms with Crippen molar-refractivity contribution in [2.45, 2.75) is 53.1 Å². The van der Waals surface area contributed by atoms with Gasteiger partial charge in [0.15, 0.2) is 0 Å². The van der Waals surface area contributed by atoms with Crippen molar-refractivity contribution in [3.05, 3.63) is 23.9 Å². The summed E-state index contributed by atoms with van der Waals surface area (Å²) in [6, 6.07) is 6.43. The number of aromatic nitrogens is 1. The van der Waals surface area contributed by atoms with Crippen molar-refractivity contribution in [3.8, 4) is 5.88 Å². The van der Waals surface area contributed by atoms with Gasteiger partial charge in [0.1, 0.15) is 0 Å². The van der Waals surface area contributed by atoms with Crippen molar-refractivity contribution in [2.75, 3.05) is 6.61 Å². The van der Waals surface area contributed by atoms with Crippen LogP contribution in [0.3, 0.4) is 0 Å². The van der Waals surface area contributed by atoms with Crippen LogP contribution in [-0.2, 0) is 6.54 Å². The number of nitrogens with one attached hydrogen (secondary N) is 1. The number of ether oxygens (including phenoxy) is 1. The number of rotatable bonds is 8. The molecule has 0 amide bonds. The molecule has 0 saturated carbocycles. The van der Waals surface area contributed by atoms with E-state index >= 15 is 0 Å². The van der Waals surface area contributed by atoms with E-state index < -0.39 is 0 Å². The smallest absolute Gasteiger partial charge is 0.213 e. The summed E-state index contributed by atoms with van der Waals surface area (Å²) in [4.78, 5) is 4.48. The van der Waals surface area contributed by atoms with E-state index in [1.165, 1.54) is 6.42 Å². The maximum atomic E-state index is 5.66. The molecule has 0 atom stereocenters. The zero-order valence-corrected chi connectivity index (χ0v) is 12.1. The summed E-state index contributed by atoms with van der Waals surface area (Å²) in [6.07, 6.45) is 2.29. The van der Waals surface area contributed by atoms with Gasteiger partial charge in [-0.2, -0.15) is 0 Å². The van der Waals surface area contributed by atoms with Crippen molar-refractivity contribution in [3.63, 3.8) is 0 Å². The Labute approximate surface area is 111 Å². The first-order valence-electron chi connectivity index (χ1n) is 6.90.